The normalized spacial score (nSPS) is 26.3. The van der Waals surface area contributed by atoms with Crippen LogP contribution < -0.4 is 5.32 Å². The first-order valence-corrected chi connectivity index (χ1v) is 7.79. The number of hydrogen-bond donors (Lipinski definition) is 1. The fourth-order valence-corrected chi connectivity index (χ4v) is 3.36. The van der Waals surface area contributed by atoms with Crippen LogP contribution in [0.5, 0.6) is 0 Å². The average Bonchev–Trinajstić information content (AvgIpc) is 3.19. The Bertz CT molecular complexity index is 434. The maximum Gasteiger partial charge on any atom is 0.325 e. The number of nitrogens with zero attached hydrogens (tertiary/aromatic N) is 1. The molecule has 3 amide bonds. The second-order valence-electron chi connectivity index (χ2n) is 6.41. The molecular weight excluding hydrogens is 256 g/mol. The Labute approximate surface area is 119 Å². The van der Waals surface area contributed by atoms with E-state index in [1.807, 2.05) is 0 Å². The minimum Gasteiger partial charge on any atom is -0.323 e. The molecule has 1 spiro atoms. The Morgan fingerprint density at radius 3 is 2.30 bits per heavy atom. The van der Waals surface area contributed by atoms with Crippen LogP contribution in [0.15, 0.2) is 0 Å². The van der Waals surface area contributed by atoms with Gasteiger partial charge in [-0.2, -0.15) is 0 Å². The highest BCUT2D eigenvalue weighted by Crippen LogP contribution is 2.34. The van der Waals surface area contributed by atoms with Crippen molar-refractivity contribution < 1.29 is 14.4 Å². The molecule has 3 fully saturated rings. The molecule has 0 radical (unpaired) electrons. The van der Waals surface area contributed by atoms with E-state index in [2.05, 4.69) is 5.32 Å². The molecular formula is C15H22N2O3. The van der Waals surface area contributed by atoms with Crippen LogP contribution in [0.25, 0.3) is 0 Å². The fraction of sp³-hybridized carbons (Fsp3) is 0.800. The van der Waals surface area contributed by atoms with Gasteiger partial charge in [-0.15, -0.1) is 0 Å². The number of hydrogen-bond acceptors (Lipinski definition) is 3. The number of carbonyl (C=O) groups excluding carboxylic acids is 3. The molecule has 1 saturated heterocycles. The van der Waals surface area contributed by atoms with E-state index in [0.717, 1.165) is 43.4 Å². The number of carbonyl (C=O) groups is 3. The standard InChI is InChI=1S/C15H22N2O3/c18-12(11-6-7-11)10-17-13(19)15(16-14(17)20)8-4-2-1-3-5-9-15/h11H,1-10H2,(H,16,20). The van der Waals surface area contributed by atoms with Crippen LogP contribution in [0.1, 0.15) is 57.8 Å². The number of imide groups is 1. The van der Waals surface area contributed by atoms with E-state index in [4.69, 9.17) is 0 Å². The van der Waals surface area contributed by atoms with Crippen molar-refractivity contribution in [1.29, 1.82) is 0 Å². The lowest BCUT2D eigenvalue weighted by Crippen LogP contribution is -2.47. The minimum absolute atomic E-state index is 0.0307. The van der Waals surface area contributed by atoms with Gasteiger partial charge < -0.3 is 5.32 Å². The van der Waals surface area contributed by atoms with Crippen LogP contribution in [0.2, 0.25) is 0 Å². The summed E-state index contributed by atoms with van der Waals surface area (Å²) < 4.78 is 0. The molecule has 1 heterocycles. The van der Waals surface area contributed by atoms with Gasteiger partial charge in [0.15, 0.2) is 5.78 Å². The highest BCUT2D eigenvalue weighted by atomic mass is 16.2. The van der Waals surface area contributed by atoms with Gasteiger partial charge in [0.25, 0.3) is 5.91 Å². The number of rotatable bonds is 3. The summed E-state index contributed by atoms with van der Waals surface area (Å²) in [6.45, 7) is -0.0307. The van der Waals surface area contributed by atoms with Gasteiger partial charge in [0.1, 0.15) is 5.54 Å². The molecule has 1 N–H and O–H groups in total. The zero-order valence-electron chi connectivity index (χ0n) is 11.8. The molecule has 110 valence electrons. The summed E-state index contributed by atoms with van der Waals surface area (Å²) in [5, 5.41) is 2.89. The monoisotopic (exact) mass is 278 g/mol. The summed E-state index contributed by atoms with van der Waals surface area (Å²) in [6, 6.07) is -0.371. The Hall–Kier alpha value is -1.39. The molecule has 0 aromatic rings. The summed E-state index contributed by atoms with van der Waals surface area (Å²) in [4.78, 5) is 37.7. The van der Waals surface area contributed by atoms with Crippen LogP contribution in [0, 0.1) is 5.92 Å². The van der Waals surface area contributed by atoms with E-state index < -0.39 is 5.54 Å². The molecule has 20 heavy (non-hydrogen) atoms. The summed E-state index contributed by atoms with van der Waals surface area (Å²) in [6.07, 6.45) is 8.63. The molecule has 0 aromatic carbocycles. The first-order valence-electron chi connectivity index (χ1n) is 7.79. The molecule has 2 aliphatic carbocycles. The highest BCUT2D eigenvalue weighted by Gasteiger charge is 2.51. The van der Waals surface area contributed by atoms with Crippen LogP contribution in [-0.4, -0.2) is 34.7 Å². The van der Waals surface area contributed by atoms with E-state index in [1.54, 1.807) is 0 Å². The van der Waals surface area contributed by atoms with E-state index >= 15 is 0 Å². The topological polar surface area (TPSA) is 66.5 Å². The second kappa shape index (κ2) is 5.19. The van der Waals surface area contributed by atoms with Crippen LogP contribution >= 0.6 is 0 Å². The predicted octanol–water partition coefficient (Wildman–Crippen LogP) is 2.00. The molecule has 1 aliphatic heterocycles. The summed E-state index contributed by atoms with van der Waals surface area (Å²) in [5.74, 6) is -0.0423. The van der Waals surface area contributed by atoms with E-state index in [1.165, 1.54) is 6.42 Å². The van der Waals surface area contributed by atoms with Crippen molar-refractivity contribution in [2.24, 2.45) is 5.92 Å². The largest absolute Gasteiger partial charge is 0.325 e. The number of Topliss-reactive ketones (excluding diaryl/α,β-unsaturated/α-hetero) is 1. The molecule has 3 aliphatic rings. The second-order valence-corrected chi connectivity index (χ2v) is 6.41. The fourth-order valence-electron chi connectivity index (χ4n) is 3.36. The Kier molecular flexibility index (Phi) is 3.52. The Balaban J connectivity index is 1.72. The molecule has 3 rings (SSSR count). The lowest BCUT2D eigenvalue weighted by atomic mass is 9.84. The third-order valence-corrected chi connectivity index (χ3v) is 4.80. The molecule has 0 aromatic heterocycles. The smallest absolute Gasteiger partial charge is 0.323 e. The third kappa shape index (κ3) is 2.45. The zero-order chi connectivity index (χ0) is 14.2. The van der Waals surface area contributed by atoms with Crippen molar-refractivity contribution in [1.82, 2.24) is 10.2 Å². The lowest BCUT2D eigenvalue weighted by Gasteiger charge is -2.28. The van der Waals surface area contributed by atoms with Gasteiger partial charge in [-0.1, -0.05) is 32.1 Å². The number of amides is 3. The van der Waals surface area contributed by atoms with Crippen molar-refractivity contribution in [3.63, 3.8) is 0 Å². The molecule has 0 atom stereocenters. The minimum atomic E-state index is -0.721. The third-order valence-electron chi connectivity index (χ3n) is 4.80. The number of ketones is 1. The van der Waals surface area contributed by atoms with Crippen LogP contribution in [0.3, 0.4) is 0 Å². The van der Waals surface area contributed by atoms with Crippen molar-refractivity contribution in [3.8, 4) is 0 Å². The maximum atomic E-state index is 12.6. The van der Waals surface area contributed by atoms with E-state index in [0.29, 0.717) is 12.8 Å². The van der Waals surface area contributed by atoms with E-state index in [-0.39, 0.29) is 30.2 Å². The first-order chi connectivity index (χ1) is 9.62. The number of nitrogens with one attached hydrogen (secondary N) is 1. The van der Waals surface area contributed by atoms with Gasteiger partial charge >= 0.3 is 6.03 Å². The van der Waals surface area contributed by atoms with E-state index in [9.17, 15) is 14.4 Å². The SMILES string of the molecule is O=C(CN1C(=O)NC2(CCCCCCC2)C1=O)C1CC1. The van der Waals surface area contributed by atoms with Gasteiger partial charge in [0, 0.05) is 5.92 Å². The molecule has 0 bridgehead atoms. The van der Waals surface area contributed by atoms with Gasteiger partial charge in [-0.3, -0.25) is 14.5 Å². The quantitative estimate of drug-likeness (QED) is 0.803. The van der Waals surface area contributed by atoms with Crippen molar-refractivity contribution in [3.05, 3.63) is 0 Å². The lowest BCUT2D eigenvalue weighted by molar-refractivity contribution is -0.135. The summed E-state index contributed by atoms with van der Waals surface area (Å²) in [5.41, 5.74) is -0.721. The Morgan fingerprint density at radius 2 is 1.70 bits per heavy atom. The summed E-state index contributed by atoms with van der Waals surface area (Å²) >= 11 is 0. The molecule has 5 heteroatoms. The zero-order valence-corrected chi connectivity index (χ0v) is 11.8. The van der Waals surface area contributed by atoms with Crippen molar-refractivity contribution in [2.75, 3.05) is 6.54 Å². The van der Waals surface area contributed by atoms with Gasteiger partial charge in [-0.25, -0.2) is 4.79 Å². The van der Waals surface area contributed by atoms with Crippen molar-refractivity contribution >= 4 is 17.7 Å². The predicted molar refractivity (Wildman–Crippen MR) is 73.0 cm³/mol. The highest BCUT2D eigenvalue weighted by molar-refractivity contribution is 6.09. The molecule has 5 nitrogen and oxygen atoms in total. The maximum absolute atomic E-state index is 12.6. The van der Waals surface area contributed by atoms with Gasteiger partial charge in [-0.05, 0) is 25.7 Å². The van der Waals surface area contributed by atoms with Crippen LogP contribution in [0.4, 0.5) is 4.79 Å². The van der Waals surface area contributed by atoms with Crippen LogP contribution in [-0.2, 0) is 9.59 Å². The summed E-state index contributed by atoms with van der Waals surface area (Å²) in [7, 11) is 0. The number of urea groups is 1. The molecule has 2 saturated carbocycles. The molecule has 0 unspecified atom stereocenters. The average molecular weight is 278 g/mol. The van der Waals surface area contributed by atoms with Gasteiger partial charge in [0.2, 0.25) is 0 Å². The van der Waals surface area contributed by atoms with Crippen molar-refractivity contribution in [2.45, 2.75) is 63.3 Å². The van der Waals surface area contributed by atoms with Gasteiger partial charge in [0.05, 0.1) is 6.54 Å². The first kappa shape index (κ1) is 13.6. The Morgan fingerprint density at radius 1 is 1.10 bits per heavy atom.